The molecule has 0 unspecified atom stereocenters. The van der Waals surface area contributed by atoms with Crippen LogP contribution in [0.4, 0.5) is 0 Å². The van der Waals surface area contributed by atoms with Gasteiger partial charge >= 0.3 is 0 Å². The molecule has 0 fully saturated rings. The Morgan fingerprint density at radius 3 is 2.36 bits per heavy atom. The molecule has 2 aromatic rings. The van der Waals surface area contributed by atoms with Gasteiger partial charge in [-0.3, -0.25) is 4.79 Å². The van der Waals surface area contributed by atoms with Crippen molar-refractivity contribution >= 4 is 21.8 Å². The summed E-state index contributed by atoms with van der Waals surface area (Å²) in [6, 6.07) is 16.0. The Morgan fingerprint density at radius 1 is 1.14 bits per heavy atom. The van der Waals surface area contributed by atoms with E-state index in [2.05, 4.69) is 57.3 Å². The number of amides is 1. The first-order valence-corrected chi connectivity index (χ1v) is 8.04. The van der Waals surface area contributed by atoms with Gasteiger partial charge in [-0.05, 0) is 54.6 Å². The molecule has 0 heterocycles. The highest BCUT2D eigenvalue weighted by Gasteiger charge is 2.16. The third-order valence-electron chi connectivity index (χ3n) is 3.66. The number of hydrogen-bond donors (Lipinski definition) is 1. The van der Waals surface area contributed by atoms with Crippen molar-refractivity contribution in [2.75, 3.05) is 20.6 Å². The maximum absolute atomic E-state index is 12.3. The molecule has 22 heavy (non-hydrogen) atoms. The van der Waals surface area contributed by atoms with Crippen LogP contribution in [0.2, 0.25) is 0 Å². The van der Waals surface area contributed by atoms with Gasteiger partial charge in [-0.2, -0.15) is 0 Å². The summed E-state index contributed by atoms with van der Waals surface area (Å²) in [5, 5.41) is 3.02. The van der Waals surface area contributed by atoms with Gasteiger partial charge in [0.2, 0.25) is 0 Å². The van der Waals surface area contributed by atoms with Crippen LogP contribution in [0.15, 0.2) is 53.0 Å². The van der Waals surface area contributed by atoms with Crippen LogP contribution in [-0.4, -0.2) is 31.4 Å². The van der Waals surface area contributed by atoms with Crippen LogP contribution in [0, 0.1) is 6.92 Å². The third-order valence-corrected chi connectivity index (χ3v) is 4.35. The van der Waals surface area contributed by atoms with E-state index in [4.69, 9.17) is 0 Å². The largest absolute Gasteiger partial charge is 0.350 e. The molecule has 0 saturated heterocycles. The summed E-state index contributed by atoms with van der Waals surface area (Å²) < 4.78 is 0.809. The average Bonchev–Trinajstić information content (AvgIpc) is 2.49. The minimum atomic E-state index is -0.0635. The molecule has 2 aromatic carbocycles. The topological polar surface area (TPSA) is 32.3 Å². The van der Waals surface area contributed by atoms with Crippen LogP contribution >= 0.6 is 15.9 Å². The molecule has 1 N–H and O–H groups in total. The van der Waals surface area contributed by atoms with Crippen molar-refractivity contribution in [1.82, 2.24) is 10.2 Å². The SMILES string of the molecule is Cc1ccc([C@@H](CNC(=O)c2ccccc2Br)N(C)C)cc1. The molecule has 0 bridgehead atoms. The summed E-state index contributed by atoms with van der Waals surface area (Å²) in [6.07, 6.45) is 0. The highest BCUT2D eigenvalue weighted by atomic mass is 79.9. The van der Waals surface area contributed by atoms with Crippen molar-refractivity contribution in [1.29, 1.82) is 0 Å². The Balaban J connectivity index is 2.08. The van der Waals surface area contributed by atoms with Crippen LogP contribution in [0.3, 0.4) is 0 Å². The van der Waals surface area contributed by atoms with E-state index >= 15 is 0 Å². The first kappa shape index (κ1) is 16.7. The number of rotatable bonds is 5. The van der Waals surface area contributed by atoms with Gasteiger partial charge in [-0.25, -0.2) is 0 Å². The smallest absolute Gasteiger partial charge is 0.252 e. The summed E-state index contributed by atoms with van der Waals surface area (Å²) in [4.78, 5) is 14.4. The number of likely N-dealkylation sites (N-methyl/N-ethyl adjacent to an activating group) is 1. The van der Waals surface area contributed by atoms with E-state index in [-0.39, 0.29) is 11.9 Å². The summed E-state index contributed by atoms with van der Waals surface area (Å²) in [6.45, 7) is 2.64. The number of halogens is 1. The van der Waals surface area contributed by atoms with Gasteiger partial charge in [-0.15, -0.1) is 0 Å². The van der Waals surface area contributed by atoms with Gasteiger partial charge in [-0.1, -0.05) is 42.0 Å². The average molecular weight is 361 g/mol. The number of carbonyl (C=O) groups excluding carboxylic acids is 1. The van der Waals surface area contributed by atoms with Crippen molar-refractivity contribution < 1.29 is 4.79 Å². The van der Waals surface area contributed by atoms with Crippen molar-refractivity contribution in [3.63, 3.8) is 0 Å². The molecule has 0 aromatic heterocycles. The van der Waals surface area contributed by atoms with Gasteiger partial charge in [0.15, 0.2) is 0 Å². The molecule has 2 rings (SSSR count). The summed E-state index contributed by atoms with van der Waals surface area (Å²) in [5.74, 6) is -0.0635. The predicted molar refractivity (Wildman–Crippen MR) is 94.1 cm³/mol. The van der Waals surface area contributed by atoms with E-state index < -0.39 is 0 Å². The standard InChI is InChI=1S/C18H21BrN2O/c1-13-8-10-14(11-9-13)17(21(2)3)12-20-18(22)15-6-4-5-7-16(15)19/h4-11,17H,12H2,1-3H3,(H,20,22)/t17-/m1/s1. The first-order chi connectivity index (χ1) is 10.5. The van der Waals surface area contributed by atoms with E-state index in [1.165, 1.54) is 11.1 Å². The fraction of sp³-hybridized carbons (Fsp3) is 0.278. The van der Waals surface area contributed by atoms with Crippen LogP contribution < -0.4 is 5.32 Å². The molecular weight excluding hydrogens is 340 g/mol. The zero-order valence-corrected chi connectivity index (χ0v) is 14.7. The molecule has 0 aliphatic carbocycles. The number of carbonyl (C=O) groups is 1. The van der Waals surface area contributed by atoms with Crippen molar-refractivity contribution in [3.8, 4) is 0 Å². The van der Waals surface area contributed by atoms with Crippen LogP contribution in [0.5, 0.6) is 0 Å². The van der Waals surface area contributed by atoms with E-state index in [1.807, 2.05) is 38.4 Å². The quantitative estimate of drug-likeness (QED) is 0.879. The van der Waals surface area contributed by atoms with Gasteiger partial charge in [0.25, 0.3) is 5.91 Å². The molecule has 1 atom stereocenters. The van der Waals surface area contributed by atoms with Crippen molar-refractivity contribution in [3.05, 3.63) is 69.7 Å². The first-order valence-electron chi connectivity index (χ1n) is 7.24. The second kappa shape index (κ2) is 7.56. The zero-order valence-electron chi connectivity index (χ0n) is 13.1. The van der Waals surface area contributed by atoms with E-state index in [9.17, 15) is 4.79 Å². The monoisotopic (exact) mass is 360 g/mol. The lowest BCUT2D eigenvalue weighted by Crippen LogP contribution is -2.34. The Bertz CT molecular complexity index is 638. The van der Waals surface area contributed by atoms with Gasteiger partial charge in [0, 0.05) is 11.0 Å². The normalized spacial score (nSPS) is 12.2. The van der Waals surface area contributed by atoms with Crippen LogP contribution in [0.25, 0.3) is 0 Å². The molecule has 0 aliphatic heterocycles. The highest BCUT2D eigenvalue weighted by molar-refractivity contribution is 9.10. The number of aryl methyl sites for hydroxylation is 1. The second-order valence-electron chi connectivity index (χ2n) is 5.58. The Labute approximate surface area is 140 Å². The molecular formula is C18H21BrN2O. The second-order valence-corrected chi connectivity index (χ2v) is 6.43. The van der Waals surface area contributed by atoms with Gasteiger partial charge in [0.05, 0.1) is 11.6 Å². The van der Waals surface area contributed by atoms with Crippen molar-refractivity contribution in [2.24, 2.45) is 0 Å². The summed E-state index contributed by atoms with van der Waals surface area (Å²) in [7, 11) is 4.05. The molecule has 0 spiro atoms. The summed E-state index contributed by atoms with van der Waals surface area (Å²) >= 11 is 3.41. The van der Waals surface area contributed by atoms with Crippen LogP contribution in [-0.2, 0) is 0 Å². The Kier molecular flexibility index (Phi) is 5.75. The van der Waals surface area contributed by atoms with Crippen LogP contribution in [0.1, 0.15) is 27.5 Å². The molecule has 0 aliphatic rings. The number of benzene rings is 2. The maximum Gasteiger partial charge on any atom is 0.252 e. The molecule has 1 amide bonds. The molecule has 4 heteroatoms. The Morgan fingerprint density at radius 2 is 1.77 bits per heavy atom. The lowest BCUT2D eigenvalue weighted by atomic mass is 10.0. The molecule has 3 nitrogen and oxygen atoms in total. The molecule has 116 valence electrons. The molecule has 0 saturated carbocycles. The zero-order chi connectivity index (χ0) is 16.1. The minimum absolute atomic E-state index is 0.0635. The Hall–Kier alpha value is -1.65. The minimum Gasteiger partial charge on any atom is -0.350 e. The number of hydrogen-bond acceptors (Lipinski definition) is 2. The molecule has 0 radical (unpaired) electrons. The fourth-order valence-corrected chi connectivity index (χ4v) is 2.78. The lowest BCUT2D eigenvalue weighted by molar-refractivity contribution is 0.0941. The van der Waals surface area contributed by atoms with Crippen molar-refractivity contribution in [2.45, 2.75) is 13.0 Å². The van der Waals surface area contributed by atoms with E-state index in [0.29, 0.717) is 12.1 Å². The lowest BCUT2D eigenvalue weighted by Gasteiger charge is -2.25. The van der Waals surface area contributed by atoms with Gasteiger partial charge < -0.3 is 10.2 Å². The maximum atomic E-state index is 12.3. The highest BCUT2D eigenvalue weighted by Crippen LogP contribution is 2.19. The number of nitrogens with one attached hydrogen (secondary N) is 1. The number of nitrogens with zero attached hydrogens (tertiary/aromatic N) is 1. The summed E-state index contributed by atoms with van der Waals surface area (Å²) in [5.41, 5.74) is 3.09. The van der Waals surface area contributed by atoms with E-state index in [0.717, 1.165) is 4.47 Å². The predicted octanol–water partition coefficient (Wildman–Crippen LogP) is 3.79. The van der Waals surface area contributed by atoms with E-state index in [1.54, 1.807) is 0 Å². The fourth-order valence-electron chi connectivity index (χ4n) is 2.32. The third kappa shape index (κ3) is 4.18. The van der Waals surface area contributed by atoms with Gasteiger partial charge in [0.1, 0.15) is 0 Å².